The van der Waals surface area contributed by atoms with E-state index < -0.39 is 6.04 Å². The number of hydrogen-bond donors (Lipinski definition) is 2. The van der Waals surface area contributed by atoms with Gasteiger partial charge in [-0.25, -0.2) is 0 Å². The van der Waals surface area contributed by atoms with E-state index in [9.17, 15) is 4.79 Å². The average molecular weight is 303 g/mol. The van der Waals surface area contributed by atoms with Crippen molar-refractivity contribution in [2.24, 2.45) is 5.73 Å². The number of hydrogen-bond acceptors (Lipinski definition) is 3. The number of likely N-dealkylation sites (tertiary alicyclic amines) is 1. The van der Waals surface area contributed by atoms with Crippen molar-refractivity contribution in [3.05, 3.63) is 35.4 Å². The first kappa shape index (κ1) is 17.0. The highest BCUT2D eigenvalue weighted by atomic mass is 16.2. The number of benzene rings is 1. The molecule has 3 N–H and O–H groups in total. The molecule has 22 heavy (non-hydrogen) atoms. The maximum atomic E-state index is 12.2. The Morgan fingerprint density at radius 3 is 2.77 bits per heavy atom. The molecule has 1 amide bonds. The van der Waals surface area contributed by atoms with Crippen LogP contribution < -0.4 is 11.1 Å². The van der Waals surface area contributed by atoms with Gasteiger partial charge in [0.25, 0.3) is 0 Å². The predicted octanol–water partition coefficient (Wildman–Crippen LogP) is 2.38. The number of nitrogens with zero attached hydrogens (tertiary/aromatic N) is 1. The van der Waals surface area contributed by atoms with Crippen LogP contribution in [0, 0.1) is 6.92 Å². The molecular weight excluding hydrogens is 274 g/mol. The van der Waals surface area contributed by atoms with Crippen molar-refractivity contribution >= 4 is 5.91 Å². The summed E-state index contributed by atoms with van der Waals surface area (Å²) >= 11 is 0. The normalized spacial score (nSPS) is 20.6. The summed E-state index contributed by atoms with van der Waals surface area (Å²) in [5.74, 6) is -0.0890. The lowest BCUT2D eigenvalue weighted by atomic mass is 10.0. The minimum Gasteiger partial charge on any atom is -0.353 e. The molecule has 1 aromatic carbocycles. The molecule has 0 saturated carbocycles. The van der Waals surface area contributed by atoms with Crippen molar-refractivity contribution in [2.75, 3.05) is 19.6 Å². The van der Waals surface area contributed by atoms with Crippen LogP contribution in [0.2, 0.25) is 0 Å². The third-order valence-electron chi connectivity index (χ3n) is 4.64. The summed E-state index contributed by atoms with van der Waals surface area (Å²) in [6, 6.07) is 7.93. The lowest BCUT2D eigenvalue weighted by Crippen LogP contribution is -2.44. The predicted molar refractivity (Wildman–Crippen MR) is 90.6 cm³/mol. The van der Waals surface area contributed by atoms with E-state index in [1.165, 1.54) is 31.2 Å². The second-order valence-electron chi connectivity index (χ2n) is 6.27. The van der Waals surface area contributed by atoms with E-state index in [4.69, 9.17) is 5.73 Å². The number of nitrogens with one attached hydrogen (secondary N) is 1. The molecular formula is C18H29N3O. The molecule has 2 rings (SSSR count). The van der Waals surface area contributed by atoms with Gasteiger partial charge in [-0.05, 0) is 38.3 Å². The number of aryl methyl sites for hydroxylation is 1. The molecule has 122 valence electrons. The van der Waals surface area contributed by atoms with E-state index in [0.29, 0.717) is 12.6 Å². The zero-order valence-electron chi connectivity index (χ0n) is 13.8. The Kier molecular flexibility index (Phi) is 6.40. The molecule has 1 saturated heterocycles. The quantitative estimate of drug-likeness (QED) is 0.848. The average Bonchev–Trinajstić information content (AvgIpc) is 2.55. The molecule has 4 heteroatoms. The fraction of sp³-hybridized carbons (Fsp3) is 0.611. The third kappa shape index (κ3) is 4.55. The highest BCUT2D eigenvalue weighted by molar-refractivity contribution is 5.82. The summed E-state index contributed by atoms with van der Waals surface area (Å²) < 4.78 is 0. The fourth-order valence-electron chi connectivity index (χ4n) is 3.17. The van der Waals surface area contributed by atoms with Gasteiger partial charge in [-0.15, -0.1) is 0 Å². The van der Waals surface area contributed by atoms with Crippen molar-refractivity contribution in [3.63, 3.8) is 0 Å². The zero-order chi connectivity index (χ0) is 15.9. The van der Waals surface area contributed by atoms with Crippen LogP contribution in [0.5, 0.6) is 0 Å². The van der Waals surface area contributed by atoms with Gasteiger partial charge in [0.15, 0.2) is 0 Å². The van der Waals surface area contributed by atoms with E-state index in [1.807, 2.05) is 31.2 Å². The van der Waals surface area contributed by atoms with Crippen LogP contribution in [0.25, 0.3) is 0 Å². The standard InChI is InChI=1S/C18H29N3O/c1-3-16-6-4-5-12-21(16)13-11-20-18(22)17(19)15-9-7-14(2)8-10-15/h7-10,16-17H,3-6,11-13,19H2,1-2H3,(H,20,22). The number of piperidine rings is 1. The van der Waals surface area contributed by atoms with Gasteiger partial charge >= 0.3 is 0 Å². The number of nitrogens with two attached hydrogens (primary N) is 1. The van der Waals surface area contributed by atoms with Crippen LogP contribution in [0.4, 0.5) is 0 Å². The Balaban J connectivity index is 1.78. The Morgan fingerprint density at radius 1 is 1.36 bits per heavy atom. The van der Waals surface area contributed by atoms with Crippen molar-refractivity contribution in [1.29, 1.82) is 0 Å². The summed E-state index contributed by atoms with van der Waals surface area (Å²) in [6.45, 7) is 7.02. The first-order chi connectivity index (χ1) is 10.6. The largest absolute Gasteiger partial charge is 0.353 e. The summed E-state index contributed by atoms with van der Waals surface area (Å²) in [5, 5.41) is 2.98. The van der Waals surface area contributed by atoms with Crippen molar-refractivity contribution in [1.82, 2.24) is 10.2 Å². The summed E-state index contributed by atoms with van der Waals surface area (Å²) in [5.41, 5.74) is 8.08. The molecule has 2 unspecified atom stereocenters. The molecule has 2 atom stereocenters. The molecule has 0 aliphatic carbocycles. The molecule has 0 aromatic heterocycles. The number of carbonyl (C=O) groups excluding carboxylic acids is 1. The molecule has 4 nitrogen and oxygen atoms in total. The van der Waals surface area contributed by atoms with Gasteiger partial charge in [0.05, 0.1) is 0 Å². The number of amides is 1. The zero-order valence-corrected chi connectivity index (χ0v) is 13.8. The second-order valence-corrected chi connectivity index (χ2v) is 6.27. The van der Waals surface area contributed by atoms with Gasteiger partial charge in [0, 0.05) is 19.1 Å². The van der Waals surface area contributed by atoms with Gasteiger partial charge < -0.3 is 11.1 Å². The van der Waals surface area contributed by atoms with Crippen LogP contribution in [0.3, 0.4) is 0 Å². The first-order valence-corrected chi connectivity index (χ1v) is 8.45. The fourth-order valence-corrected chi connectivity index (χ4v) is 3.17. The van der Waals surface area contributed by atoms with Gasteiger partial charge in [-0.3, -0.25) is 9.69 Å². The minimum atomic E-state index is -0.580. The van der Waals surface area contributed by atoms with Crippen LogP contribution in [-0.2, 0) is 4.79 Å². The molecule has 0 bridgehead atoms. The molecule has 1 heterocycles. The van der Waals surface area contributed by atoms with Crippen LogP contribution >= 0.6 is 0 Å². The van der Waals surface area contributed by atoms with Crippen molar-refractivity contribution in [2.45, 2.75) is 51.6 Å². The minimum absolute atomic E-state index is 0.0890. The highest BCUT2D eigenvalue weighted by Crippen LogP contribution is 2.18. The maximum Gasteiger partial charge on any atom is 0.241 e. The first-order valence-electron chi connectivity index (χ1n) is 8.45. The summed E-state index contributed by atoms with van der Waals surface area (Å²) in [4.78, 5) is 14.7. The van der Waals surface area contributed by atoms with E-state index in [0.717, 1.165) is 18.7 Å². The van der Waals surface area contributed by atoms with Gasteiger partial charge in [0.2, 0.25) is 5.91 Å². The second kappa shape index (κ2) is 8.30. The van der Waals surface area contributed by atoms with Gasteiger partial charge in [-0.2, -0.15) is 0 Å². The van der Waals surface area contributed by atoms with E-state index in [1.54, 1.807) is 0 Å². The van der Waals surface area contributed by atoms with E-state index in [2.05, 4.69) is 17.1 Å². The summed E-state index contributed by atoms with van der Waals surface area (Å²) in [6.07, 6.45) is 5.08. The summed E-state index contributed by atoms with van der Waals surface area (Å²) in [7, 11) is 0. The Morgan fingerprint density at radius 2 is 2.09 bits per heavy atom. The molecule has 1 aliphatic rings. The smallest absolute Gasteiger partial charge is 0.241 e. The molecule has 0 spiro atoms. The SMILES string of the molecule is CCC1CCCCN1CCNC(=O)C(N)c1ccc(C)cc1. The molecule has 0 radical (unpaired) electrons. The number of rotatable bonds is 6. The van der Waals surface area contributed by atoms with Crippen LogP contribution in [0.15, 0.2) is 24.3 Å². The van der Waals surface area contributed by atoms with Gasteiger partial charge in [-0.1, -0.05) is 43.2 Å². The van der Waals surface area contributed by atoms with Gasteiger partial charge in [0.1, 0.15) is 6.04 Å². The Hall–Kier alpha value is -1.39. The van der Waals surface area contributed by atoms with E-state index >= 15 is 0 Å². The topological polar surface area (TPSA) is 58.4 Å². The van der Waals surface area contributed by atoms with Crippen LogP contribution in [0.1, 0.15) is 49.8 Å². The maximum absolute atomic E-state index is 12.2. The Labute approximate surface area is 134 Å². The third-order valence-corrected chi connectivity index (χ3v) is 4.64. The van der Waals surface area contributed by atoms with Crippen molar-refractivity contribution in [3.8, 4) is 0 Å². The lowest BCUT2D eigenvalue weighted by molar-refractivity contribution is -0.122. The molecule has 1 aliphatic heterocycles. The van der Waals surface area contributed by atoms with E-state index in [-0.39, 0.29) is 5.91 Å². The van der Waals surface area contributed by atoms with Crippen molar-refractivity contribution < 1.29 is 4.79 Å². The monoisotopic (exact) mass is 303 g/mol. The Bertz CT molecular complexity index is 472. The molecule has 1 aromatic rings. The lowest BCUT2D eigenvalue weighted by Gasteiger charge is -2.35. The number of carbonyl (C=O) groups is 1. The highest BCUT2D eigenvalue weighted by Gasteiger charge is 2.21. The molecule has 1 fully saturated rings. The van der Waals surface area contributed by atoms with Crippen LogP contribution in [-0.4, -0.2) is 36.5 Å².